The fourth-order valence-corrected chi connectivity index (χ4v) is 2.27. The Morgan fingerprint density at radius 2 is 2.17 bits per heavy atom. The molecule has 1 atom stereocenters. The molecule has 1 aromatic rings. The van der Waals surface area contributed by atoms with Crippen LogP contribution >= 0.6 is 0 Å². The van der Waals surface area contributed by atoms with Gasteiger partial charge in [0.2, 0.25) is 0 Å². The van der Waals surface area contributed by atoms with E-state index in [1.165, 1.54) is 0 Å². The van der Waals surface area contributed by atoms with Gasteiger partial charge >= 0.3 is 5.97 Å². The van der Waals surface area contributed by atoms with Gasteiger partial charge in [0.15, 0.2) is 0 Å². The summed E-state index contributed by atoms with van der Waals surface area (Å²) in [5, 5.41) is 9.00. The van der Waals surface area contributed by atoms with Gasteiger partial charge in [0.05, 0.1) is 5.92 Å². The lowest BCUT2D eigenvalue weighted by atomic mass is 9.98. The molecule has 1 aliphatic heterocycles. The number of carboxylic acids is 1. The van der Waals surface area contributed by atoms with Crippen LogP contribution in [0.25, 0.3) is 0 Å². The van der Waals surface area contributed by atoms with E-state index in [-0.39, 0.29) is 5.92 Å². The summed E-state index contributed by atoms with van der Waals surface area (Å²) in [6, 6.07) is 9.69. The number of nitrogens with zero attached hydrogens (tertiary/aromatic N) is 1. The van der Waals surface area contributed by atoms with Gasteiger partial charge in [-0.05, 0) is 31.5 Å². The Bertz CT molecular complexity index is 380. The highest BCUT2D eigenvalue weighted by Crippen LogP contribution is 2.16. The molecule has 1 heterocycles. The second kappa shape index (κ2) is 6.40. The number of ether oxygens (including phenoxy) is 1. The number of rotatable bonds is 5. The van der Waals surface area contributed by atoms with Crippen LogP contribution in [0.15, 0.2) is 30.3 Å². The smallest absolute Gasteiger partial charge is 0.307 e. The SMILES string of the molecule is O=C(O)C1CCCN(CCOc2ccccc2)C1. The molecule has 0 aliphatic carbocycles. The quantitative estimate of drug-likeness (QED) is 0.865. The van der Waals surface area contributed by atoms with Crippen LogP contribution in [-0.2, 0) is 4.79 Å². The van der Waals surface area contributed by atoms with E-state index < -0.39 is 5.97 Å². The third-order valence-electron chi connectivity index (χ3n) is 3.27. The summed E-state index contributed by atoms with van der Waals surface area (Å²) < 4.78 is 5.62. The van der Waals surface area contributed by atoms with Crippen LogP contribution in [0, 0.1) is 5.92 Å². The Morgan fingerprint density at radius 1 is 1.39 bits per heavy atom. The summed E-state index contributed by atoms with van der Waals surface area (Å²) in [4.78, 5) is 13.1. The van der Waals surface area contributed by atoms with Gasteiger partial charge in [0.1, 0.15) is 12.4 Å². The van der Waals surface area contributed by atoms with Crippen molar-refractivity contribution >= 4 is 5.97 Å². The fourth-order valence-electron chi connectivity index (χ4n) is 2.27. The van der Waals surface area contributed by atoms with E-state index in [0.717, 1.165) is 31.7 Å². The molecule has 1 saturated heterocycles. The lowest BCUT2D eigenvalue weighted by molar-refractivity contribution is -0.143. The first kappa shape index (κ1) is 12.9. The molecule has 0 saturated carbocycles. The first-order valence-electron chi connectivity index (χ1n) is 6.39. The molecule has 0 amide bonds. The van der Waals surface area contributed by atoms with Crippen molar-refractivity contribution < 1.29 is 14.6 Å². The Labute approximate surface area is 107 Å². The molecule has 1 N–H and O–H groups in total. The zero-order valence-electron chi connectivity index (χ0n) is 10.4. The molecule has 0 bridgehead atoms. The molecule has 1 unspecified atom stereocenters. The lowest BCUT2D eigenvalue weighted by Crippen LogP contribution is -2.40. The fraction of sp³-hybridized carbons (Fsp3) is 0.500. The molecule has 1 fully saturated rings. The van der Waals surface area contributed by atoms with E-state index >= 15 is 0 Å². The standard InChI is InChI=1S/C14H19NO3/c16-14(17)12-5-4-8-15(11-12)9-10-18-13-6-2-1-3-7-13/h1-3,6-7,12H,4-5,8-11H2,(H,16,17). The Kier molecular flexibility index (Phi) is 4.59. The molecule has 0 spiro atoms. The highest BCUT2D eigenvalue weighted by atomic mass is 16.5. The van der Waals surface area contributed by atoms with Crippen molar-refractivity contribution in [2.75, 3.05) is 26.2 Å². The summed E-state index contributed by atoms with van der Waals surface area (Å²) in [6.07, 6.45) is 1.76. The van der Waals surface area contributed by atoms with Gasteiger partial charge in [-0.15, -0.1) is 0 Å². The topological polar surface area (TPSA) is 49.8 Å². The van der Waals surface area contributed by atoms with E-state index in [4.69, 9.17) is 9.84 Å². The molecule has 4 heteroatoms. The van der Waals surface area contributed by atoms with Crippen molar-refractivity contribution in [2.24, 2.45) is 5.92 Å². The Balaban J connectivity index is 1.72. The maximum atomic E-state index is 10.9. The number of carboxylic acid groups (broad SMARTS) is 1. The van der Waals surface area contributed by atoms with Gasteiger partial charge in [-0.3, -0.25) is 9.69 Å². The third-order valence-corrected chi connectivity index (χ3v) is 3.27. The van der Waals surface area contributed by atoms with Crippen LogP contribution < -0.4 is 4.74 Å². The summed E-state index contributed by atoms with van der Waals surface area (Å²) in [6.45, 7) is 3.02. The number of para-hydroxylation sites is 1. The number of carbonyl (C=O) groups is 1. The van der Waals surface area contributed by atoms with Gasteiger partial charge in [0.25, 0.3) is 0 Å². The largest absolute Gasteiger partial charge is 0.492 e. The van der Waals surface area contributed by atoms with Crippen LogP contribution in [-0.4, -0.2) is 42.2 Å². The van der Waals surface area contributed by atoms with Gasteiger partial charge in [-0.25, -0.2) is 0 Å². The molecule has 1 aliphatic rings. The van der Waals surface area contributed by atoms with Gasteiger partial charge < -0.3 is 9.84 Å². The van der Waals surface area contributed by atoms with Crippen molar-refractivity contribution in [3.8, 4) is 5.75 Å². The summed E-state index contributed by atoms with van der Waals surface area (Å²) in [5.74, 6) is -0.0246. The minimum atomic E-state index is -0.677. The van der Waals surface area contributed by atoms with E-state index in [1.807, 2.05) is 30.3 Å². The minimum absolute atomic E-state index is 0.213. The lowest BCUT2D eigenvalue weighted by Gasteiger charge is -2.30. The van der Waals surface area contributed by atoms with Gasteiger partial charge in [0, 0.05) is 13.1 Å². The molecule has 0 aromatic heterocycles. The molecular formula is C14H19NO3. The average Bonchev–Trinajstić information content (AvgIpc) is 2.40. The van der Waals surface area contributed by atoms with E-state index in [1.54, 1.807) is 0 Å². The average molecular weight is 249 g/mol. The number of piperidine rings is 1. The number of hydrogen-bond acceptors (Lipinski definition) is 3. The predicted octanol–water partition coefficient (Wildman–Crippen LogP) is 1.86. The third kappa shape index (κ3) is 3.74. The van der Waals surface area contributed by atoms with Crippen LogP contribution in [0.5, 0.6) is 5.75 Å². The summed E-state index contributed by atoms with van der Waals surface area (Å²) >= 11 is 0. The second-order valence-corrected chi connectivity index (χ2v) is 4.64. The zero-order chi connectivity index (χ0) is 12.8. The predicted molar refractivity (Wildman–Crippen MR) is 68.7 cm³/mol. The van der Waals surface area contributed by atoms with Crippen LogP contribution in [0.1, 0.15) is 12.8 Å². The minimum Gasteiger partial charge on any atom is -0.492 e. The van der Waals surface area contributed by atoms with Crippen molar-refractivity contribution in [1.82, 2.24) is 4.90 Å². The maximum absolute atomic E-state index is 10.9. The van der Waals surface area contributed by atoms with Gasteiger partial charge in [-0.2, -0.15) is 0 Å². The molecular weight excluding hydrogens is 230 g/mol. The van der Waals surface area contributed by atoms with E-state index in [2.05, 4.69) is 4.90 Å². The molecule has 1 aromatic carbocycles. The number of likely N-dealkylation sites (tertiary alicyclic amines) is 1. The molecule has 4 nitrogen and oxygen atoms in total. The highest BCUT2D eigenvalue weighted by Gasteiger charge is 2.24. The summed E-state index contributed by atoms with van der Waals surface area (Å²) in [7, 11) is 0. The van der Waals surface area contributed by atoms with Gasteiger partial charge in [-0.1, -0.05) is 18.2 Å². The number of aliphatic carboxylic acids is 1. The van der Waals surface area contributed by atoms with Crippen molar-refractivity contribution in [3.05, 3.63) is 30.3 Å². The van der Waals surface area contributed by atoms with Crippen LogP contribution in [0.2, 0.25) is 0 Å². The van der Waals surface area contributed by atoms with Crippen molar-refractivity contribution in [3.63, 3.8) is 0 Å². The van der Waals surface area contributed by atoms with E-state index in [0.29, 0.717) is 13.2 Å². The maximum Gasteiger partial charge on any atom is 0.307 e. The normalized spacial score (nSPS) is 20.6. The first-order valence-corrected chi connectivity index (χ1v) is 6.39. The Hall–Kier alpha value is -1.55. The van der Waals surface area contributed by atoms with Crippen molar-refractivity contribution in [2.45, 2.75) is 12.8 Å². The molecule has 2 rings (SSSR count). The van der Waals surface area contributed by atoms with E-state index in [9.17, 15) is 4.79 Å². The second-order valence-electron chi connectivity index (χ2n) is 4.64. The first-order chi connectivity index (χ1) is 8.75. The summed E-state index contributed by atoms with van der Waals surface area (Å²) in [5.41, 5.74) is 0. The van der Waals surface area contributed by atoms with Crippen LogP contribution in [0.3, 0.4) is 0 Å². The molecule has 18 heavy (non-hydrogen) atoms. The monoisotopic (exact) mass is 249 g/mol. The van der Waals surface area contributed by atoms with Crippen molar-refractivity contribution in [1.29, 1.82) is 0 Å². The molecule has 0 radical (unpaired) electrons. The highest BCUT2D eigenvalue weighted by molar-refractivity contribution is 5.70. The zero-order valence-corrected chi connectivity index (χ0v) is 10.4. The Morgan fingerprint density at radius 3 is 2.89 bits per heavy atom. The van der Waals surface area contributed by atoms with Crippen LogP contribution in [0.4, 0.5) is 0 Å². The number of hydrogen-bond donors (Lipinski definition) is 1. The number of benzene rings is 1. The molecule has 98 valence electrons.